The summed E-state index contributed by atoms with van der Waals surface area (Å²) < 4.78 is 10.8. The molecular weight excluding hydrogens is 342 g/mol. The van der Waals surface area contributed by atoms with Crippen molar-refractivity contribution in [2.45, 2.75) is 31.3 Å². The molecule has 3 rings (SSSR count). The minimum Gasteiger partial charge on any atom is -0.497 e. The van der Waals surface area contributed by atoms with Gasteiger partial charge < -0.3 is 19.7 Å². The molecule has 6 nitrogen and oxygen atoms in total. The summed E-state index contributed by atoms with van der Waals surface area (Å²) in [6, 6.07) is 8.52. The maximum atomic E-state index is 12.7. The largest absolute Gasteiger partial charge is 0.497 e. The molecule has 2 heterocycles. The first kappa shape index (κ1) is 20.1. The second kappa shape index (κ2) is 9.53. The third-order valence-electron chi connectivity index (χ3n) is 5.62. The molecule has 27 heavy (non-hydrogen) atoms. The molecule has 2 atom stereocenters. The zero-order valence-corrected chi connectivity index (χ0v) is 16.8. The quantitative estimate of drug-likeness (QED) is 0.781. The molecule has 2 fully saturated rings. The summed E-state index contributed by atoms with van der Waals surface area (Å²) in [6.45, 7) is 4.68. The number of hydrogen-bond donors (Lipinski definition) is 1. The van der Waals surface area contributed by atoms with Gasteiger partial charge in [0.25, 0.3) is 0 Å². The predicted octanol–water partition coefficient (Wildman–Crippen LogP) is 1.39. The predicted molar refractivity (Wildman–Crippen MR) is 106 cm³/mol. The van der Waals surface area contributed by atoms with Crippen molar-refractivity contribution in [3.8, 4) is 5.75 Å². The Morgan fingerprint density at radius 3 is 2.78 bits per heavy atom. The highest BCUT2D eigenvalue weighted by molar-refractivity contribution is 5.79. The van der Waals surface area contributed by atoms with Crippen LogP contribution in [0.4, 0.5) is 0 Å². The lowest BCUT2D eigenvalue weighted by molar-refractivity contribution is -0.121. The maximum Gasteiger partial charge on any atom is 0.224 e. The van der Waals surface area contributed by atoms with Gasteiger partial charge in [0.05, 0.1) is 13.5 Å². The summed E-state index contributed by atoms with van der Waals surface area (Å²) in [7, 11) is 5.85. The van der Waals surface area contributed by atoms with E-state index in [9.17, 15) is 4.79 Å². The van der Waals surface area contributed by atoms with E-state index in [0.717, 1.165) is 57.0 Å². The Morgan fingerprint density at radius 1 is 1.30 bits per heavy atom. The summed E-state index contributed by atoms with van der Waals surface area (Å²) >= 11 is 0. The van der Waals surface area contributed by atoms with Crippen LogP contribution in [0.15, 0.2) is 24.3 Å². The minimum absolute atomic E-state index is 0.0887. The van der Waals surface area contributed by atoms with E-state index in [2.05, 4.69) is 29.2 Å². The number of carbonyl (C=O) groups excluding carboxylic acids is 1. The minimum atomic E-state index is 0.0887. The van der Waals surface area contributed by atoms with Crippen LogP contribution in [0.3, 0.4) is 0 Å². The van der Waals surface area contributed by atoms with Gasteiger partial charge in [-0.25, -0.2) is 0 Å². The van der Waals surface area contributed by atoms with Gasteiger partial charge in [0.15, 0.2) is 0 Å². The fourth-order valence-corrected chi connectivity index (χ4v) is 4.30. The number of amides is 1. The Morgan fingerprint density at radius 2 is 2.07 bits per heavy atom. The molecule has 0 aliphatic carbocycles. The molecule has 0 unspecified atom stereocenters. The van der Waals surface area contributed by atoms with Crippen LogP contribution in [0.1, 0.15) is 18.4 Å². The molecular formula is C21H33N3O3. The van der Waals surface area contributed by atoms with Crippen LogP contribution in [-0.2, 0) is 16.0 Å². The molecule has 0 bridgehead atoms. The molecule has 150 valence electrons. The van der Waals surface area contributed by atoms with Crippen molar-refractivity contribution in [2.75, 3.05) is 54.1 Å². The van der Waals surface area contributed by atoms with Crippen molar-refractivity contribution in [1.82, 2.24) is 15.1 Å². The topological polar surface area (TPSA) is 54.0 Å². The lowest BCUT2D eigenvalue weighted by atomic mass is 10.0. The van der Waals surface area contributed by atoms with Crippen molar-refractivity contribution in [3.63, 3.8) is 0 Å². The number of rotatable bonds is 7. The van der Waals surface area contributed by atoms with E-state index in [1.165, 1.54) is 0 Å². The molecule has 1 N–H and O–H groups in total. The second-order valence-corrected chi connectivity index (χ2v) is 8.02. The van der Waals surface area contributed by atoms with Crippen LogP contribution in [0.5, 0.6) is 5.75 Å². The van der Waals surface area contributed by atoms with E-state index in [1.54, 1.807) is 7.11 Å². The van der Waals surface area contributed by atoms with Crippen LogP contribution < -0.4 is 10.1 Å². The average Bonchev–Trinajstić information content (AvgIpc) is 3.04. The maximum absolute atomic E-state index is 12.7. The summed E-state index contributed by atoms with van der Waals surface area (Å²) in [4.78, 5) is 17.5. The number of nitrogens with zero attached hydrogens (tertiary/aromatic N) is 2. The molecule has 0 aromatic heterocycles. The second-order valence-electron chi connectivity index (χ2n) is 8.02. The Labute approximate surface area is 162 Å². The molecule has 2 aliphatic rings. The lowest BCUT2D eigenvalue weighted by Gasteiger charge is -2.31. The van der Waals surface area contributed by atoms with Gasteiger partial charge in [-0.2, -0.15) is 0 Å². The monoisotopic (exact) mass is 375 g/mol. The van der Waals surface area contributed by atoms with Crippen molar-refractivity contribution in [2.24, 2.45) is 5.92 Å². The average molecular weight is 376 g/mol. The number of benzene rings is 1. The van der Waals surface area contributed by atoms with Gasteiger partial charge in [-0.1, -0.05) is 12.1 Å². The van der Waals surface area contributed by atoms with Crippen molar-refractivity contribution >= 4 is 5.91 Å². The molecule has 2 saturated heterocycles. The van der Waals surface area contributed by atoms with Crippen molar-refractivity contribution in [1.29, 1.82) is 0 Å². The molecule has 1 amide bonds. The van der Waals surface area contributed by atoms with Gasteiger partial charge in [0.2, 0.25) is 5.91 Å². The van der Waals surface area contributed by atoms with Crippen LogP contribution in [0.25, 0.3) is 0 Å². The molecule has 6 heteroatoms. The molecule has 1 aromatic rings. The van der Waals surface area contributed by atoms with Gasteiger partial charge in [0.1, 0.15) is 5.75 Å². The molecule has 0 saturated carbocycles. The zero-order chi connectivity index (χ0) is 19.2. The summed E-state index contributed by atoms with van der Waals surface area (Å²) in [5, 5.41) is 3.31. The Balaban J connectivity index is 1.60. The number of methoxy groups -OCH3 is 1. The van der Waals surface area contributed by atoms with E-state index in [-0.39, 0.29) is 11.9 Å². The van der Waals surface area contributed by atoms with Crippen LogP contribution in [0, 0.1) is 5.92 Å². The fourth-order valence-electron chi connectivity index (χ4n) is 4.30. The van der Waals surface area contributed by atoms with Crippen LogP contribution in [-0.4, -0.2) is 81.8 Å². The first-order valence-electron chi connectivity index (χ1n) is 9.94. The van der Waals surface area contributed by atoms with Gasteiger partial charge in [0, 0.05) is 50.8 Å². The highest BCUT2D eigenvalue weighted by Gasteiger charge is 2.37. The Kier molecular flexibility index (Phi) is 7.10. The summed E-state index contributed by atoms with van der Waals surface area (Å²) in [5.41, 5.74) is 0.982. The number of ether oxygens (including phenoxy) is 2. The fraction of sp³-hybridized carbons (Fsp3) is 0.667. The third-order valence-corrected chi connectivity index (χ3v) is 5.62. The Hall–Kier alpha value is -1.63. The normalized spacial score (nSPS) is 24.3. The number of carbonyl (C=O) groups is 1. The van der Waals surface area contributed by atoms with E-state index in [0.29, 0.717) is 18.4 Å². The third kappa shape index (κ3) is 5.67. The van der Waals surface area contributed by atoms with Gasteiger partial charge in [-0.3, -0.25) is 9.69 Å². The van der Waals surface area contributed by atoms with Crippen LogP contribution in [0.2, 0.25) is 0 Å². The molecule has 0 spiro atoms. The highest BCUT2D eigenvalue weighted by atomic mass is 16.5. The molecule has 1 aromatic carbocycles. The molecule has 2 aliphatic heterocycles. The lowest BCUT2D eigenvalue weighted by Crippen LogP contribution is -2.44. The van der Waals surface area contributed by atoms with E-state index in [1.807, 2.05) is 24.3 Å². The zero-order valence-electron chi connectivity index (χ0n) is 16.8. The number of hydrogen-bond acceptors (Lipinski definition) is 5. The molecule has 0 radical (unpaired) electrons. The summed E-state index contributed by atoms with van der Waals surface area (Å²) in [6.07, 6.45) is 2.58. The first-order chi connectivity index (χ1) is 13.0. The van der Waals surface area contributed by atoms with E-state index < -0.39 is 0 Å². The van der Waals surface area contributed by atoms with Gasteiger partial charge in [-0.05, 0) is 44.6 Å². The number of likely N-dealkylation sites (tertiary alicyclic amines) is 1. The highest BCUT2D eigenvalue weighted by Crippen LogP contribution is 2.25. The van der Waals surface area contributed by atoms with Crippen molar-refractivity contribution < 1.29 is 14.3 Å². The summed E-state index contributed by atoms with van der Waals surface area (Å²) in [5.74, 6) is 1.33. The number of nitrogens with one attached hydrogen (secondary N) is 1. The smallest absolute Gasteiger partial charge is 0.224 e. The van der Waals surface area contributed by atoms with Crippen LogP contribution >= 0.6 is 0 Å². The Bertz CT molecular complexity index is 616. The van der Waals surface area contributed by atoms with E-state index in [4.69, 9.17) is 9.47 Å². The van der Waals surface area contributed by atoms with Gasteiger partial charge in [-0.15, -0.1) is 0 Å². The first-order valence-corrected chi connectivity index (χ1v) is 9.94. The van der Waals surface area contributed by atoms with Crippen molar-refractivity contribution in [3.05, 3.63) is 29.8 Å². The SMILES string of the molecule is COc1cccc(CC(=O)N[C@@H]2CN(C3CCOCC3)C[C@H]2CN(C)C)c1. The standard InChI is InChI=1S/C21H33N3O3/c1-23(2)13-17-14-24(18-7-9-27-10-8-18)15-20(17)22-21(25)12-16-5-4-6-19(11-16)26-3/h4-6,11,17-18,20H,7-10,12-15H2,1-3H3,(H,22,25)/t17-,20-/m1/s1. The van der Waals surface area contributed by atoms with E-state index >= 15 is 0 Å². The van der Waals surface area contributed by atoms with Gasteiger partial charge >= 0.3 is 0 Å².